The maximum absolute atomic E-state index is 5.23. The summed E-state index contributed by atoms with van der Waals surface area (Å²) in [5, 5.41) is 3.76. The van der Waals surface area contributed by atoms with Gasteiger partial charge >= 0.3 is 0 Å². The van der Waals surface area contributed by atoms with Crippen LogP contribution in [0.15, 0.2) is 24.3 Å². The third-order valence-corrected chi connectivity index (χ3v) is 5.91. The fourth-order valence-electron chi connectivity index (χ4n) is 2.50. The van der Waals surface area contributed by atoms with Gasteiger partial charge in [0.05, 0.1) is 7.11 Å². The van der Waals surface area contributed by atoms with E-state index < -0.39 is 0 Å². The molecule has 1 rings (SSSR count). The van der Waals surface area contributed by atoms with Crippen molar-refractivity contribution in [3.63, 3.8) is 0 Å². The highest BCUT2D eigenvalue weighted by Crippen LogP contribution is 2.31. The van der Waals surface area contributed by atoms with Crippen molar-refractivity contribution in [2.24, 2.45) is 0 Å². The molecule has 0 aromatic heterocycles. The monoisotopic (exact) mass is 295 g/mol. The molecule has 0 radical (unpaired) electrons. The lowest BCUT2D eigenvalue weighted by molar-refractivity contribution is 0.413. The fourth-order valence-corrected chi connectivity index (χ4v) is 3.31. The topological polar surface area (TPSA) is 21.3 Å². The van der Waals surface area contributed by atoms with Crippen LogP contribution in [0.4, 0.5) is 0 Å². The van der Waals surface area contributed by atoms with E-state index in [0.717, 1.165) is 18.7 Å². The Kier molecular flexibility index (Phi) is 7.46. The van der Waals surface area contributed by atoms with Crippen LogP contribution in [-0.2, 0) is 0 Å². The van der Waals surface area contributed by atoms with Gasteiger partial charge in [0.2, 0.25) is 0 Å². The van der Waals surface area contributed by atoms with E-state index >= 15 is 0 Å². The zero-order valence-corrected chi connectivity index (χ0v) is 14.3. The molecule has 0 fully saturated rings. The molecule has 0 spiro atoms. The lowest BCUT2D eigenvalue weighted by Crippen LogP contribution is -2.38. The van der Waals surface area contributed by atoms with Crippen LogP contribution >= 0.6 is 11.8 Å². The molecule has 0 saturated carbocycles. The first-order chi connectivity index (χ1) is 9.64. The van der Waals surface area contributed by atoms with Crippen LogP contribution in [0.3, 0.4) is 0 Å². The molecule has 0 amide bonds. The second kappa shape index (κ2) is 8.58. The lowest BCUT2D eigenvalue weighted by atomic mass is 9.99. The quantitative estimate of drug-likeness (QED) is 0.716. The number of ether oxygens (including phenoxy) is 1. The fraction of sp³-hybridized carbons (Fsp3) is 0.647. The number of thioether (sulfide) groups is 1. The number of rotatable bonds is 9. The molecule has 114 valence electrons. The summed E-state index contributed by atoms with van der Waals surface area (Å²) in [5.74, 6) is 0.921. The van der Waals surface area contributed by atoms with Crippen LogP contribution in [-0.4, -0.2) is 24.7 Å². The summed E-state index contributed by atoms with van der Waals surface area (Å²) in [5.41, 5.74) is 1.34. The zero-order valence-electron chi connectivity index (χ0n) is 13.5. The highest BCUT2D eigenvalue weighted by atomic mass is 32.2. The molecule has 0 bridgehead atoms. The molecule has 0 aliphatic rings. The molecule has 1 aromatic carbocycles. The molecule has 20 heavy (non-hydrogen) atoms. The first kappa shape index (κ1) is 17.4. The molecular weight excluding hydrogens is 266 g/mol. The van der Waals surface area contributed by atoms with Gasteiger partial charge in [-0.3, -0.25) is 0 Å². The summed E-state index contributed by atoms with van der Waals surface area (Å²) >= 11 is 1.99. The standard InChI is InChI=1S/C17H29NOS/c1-6-16(14-9-11-15(19-4)12-10-14)18-13-17(7-2,8-3)20-5/h9-12,16,18H,6-8,13H2,1-5H3. The van der Waals surface area contributed by atoms with E-state index in [1.165, 1.54) is 18.4 Å². The van der Waals surface area contributed by atoms with Crippen molar-refractivity contribution in [1.82, 2.24) is 5.32 Å². The SMILES string of the molecule is CCC(NCC(CC)(CC)SC)c1ccc(OC)cc1. The van der Waals surface area contributed by atoms with E-state index in [-0.39, 0.29) is 0 Å². The highest BCUT2D eigenvalue weighted by molar-refractivity contribution is 8.00. The van der Waals surface area contributed by atoms with Gasteiger partial charge in [0.15, 0.2) is 0 Å². The molecule has 0 aliphatic carbocycles. The number of hydrogen-bond donors (Lipinski definition) is 1. The van der Waals surface area contributed by atoms with Crippen LogP contribution in [0.5, 0.6) is 5.75 Å². The molecule has 1 N–H and O–H groups in total. The molecule has 2 nitrogen and oxygen atoms in total. The van der Waals surface area contributed by atoms with E-state index in [2.05, 4.69) is 44.5 Å². The van der Waals surface area contributed by atoms with Crippen LogP contribution < -0.4 is 10.1 Å². The molecular formula is C17H29NOS. The zero-order chi connectivity index (χ0) is 15.0. The second-order valence-corrected chi connectivity index (χ2v) is 6.48. The van der Waals surface area contributed by atoms with Crippen LogP contribution in [0.2, 0.25) is 0 Å². The van der Waals surface area contributed by atoms with Crippen LogP contribution in [0.25, 0.3) is 0 Å². The van der Waals surface area contributed by atoms with Gasteiger partial charge < -0.3 is 10.1 Å². The highest BCUT2D eigenvalue weighted by Gasteiger charge is 2.25. The molecule has 1 atom stereocenters. The van der Waals surface area contributed by atoms with E-state index in [1.54, 1.807) is 7.11 Å². The average molecular weight is 295 g/mol. The van der Waals surface area contributed by atoms with Gasteiger partial charge in [-0.2, -0.15) is 11.8 Å². The minimum absolute atomic E-state index is 0.361. The van der Waals surface area contributed by atoms with E-state index in [9.17, 15) is 0 Å². The van der Waals surface area contributed by atoms with Crippen molar-refractivity contribution >= 4 is 11.8 Å². The van der Waals surface area contributed by atoms with Gasteiger partial charge in [0, 0.05) is 17.3 Å². The van der Waals surface area contributed by atoms with Gasteiger partial charge in [-0.1, -0.05) is 32.9 Å². The first-order valence-corrected chi connectivity index (χ1v) is 8.79. The Hall–Kier alpha value is -0.670. The van der Waals surface area contributed by atoms with Crippen molar-refractivity contribution in [3.8, 4) is 5.75 Å². The molecule has 1 unspecified atom stereocenters. The summed E-state index contributed by atoms with van der Waals surface area (Å²) < 4.78 is 5.59. The largest absolute Gasteiger partial charge is 0.497 e. The maximum Gasteiger partial charge on any atom is 0.118 e. The summed E-state index contributed by atoms with van der Waals surface area (Å²) in [7, 11) is 1.71. The smallest absolute Gasteiger partial charge is 0.118 e. The van der Waals surface area contributed by atoms with Crippen molar-refractivity contribution in [2.45, 2.75) is 50.8 Å². The summed E-state index contributed by atoms with van der Waals surface area (Å²) in [6.45, 7) is 7.87. The van der Waals surface area contributed by atoms with Crippen molar-refractivity contribution in [2.75, 3.05) is 19.9 Å². The third kappa shape index (κ3) is 4.42. The van der Waals surface area contributed by atoms with Gasteiger partial charge in [0.1, 0.15) is 5.75 Å². The van der Waals surface area contributed by atoms with Crippen LogP contribution in [0, 0.1) is 0 Å². The number of benzene rings is 1. The molecule has 0 aliphatic heterocycles. The third-order valence-electron chi connectivity index (χ3n) is 4.32. The van der Waals surface area contributed by atoms with Gasteiger partial charge in [-0.25, -0.2) is 0 Å². The molecule has 3 heteroatoms. The van der Waals surface area contributed by atoms with E-state index in [1.807, 2.05) is 23.9 Å². The Morgan fingerprint density at radius 2 is 1.75 bits per heavy atom. The second-order valence-electron chi connectivity index (χ2n) is 5.21. The normalized spacial score (nSPS) is 13.2. The summed E-state index contributed by atoms with van der Waals surface area (Å²) in [6.07, 6.45) is 5.74. The lowest BCUT2D eigenvalue weighted by Gasteiger charge is -2.32. The van der Waals surface area contributed by atoms with E-state index in [0.29, 0.717) is 10.8 Å². The predicted octanol–water partition coefficient (Wildman–Crippen LogP) is 4.66. The first-order valence-electron chi connectivity index (χ1n) is 7.57. The minimum atomic E-state index is 0.361. The number of hydrogen-bond acceptors (Lipinski definition) is 3. The Morgan fingerprint density at radius 1 is 1.15 bits per heavy atom. The Bertz CT molecular complexity index is 365. The average Bonchev–Trinajstić information content (AvgIpc) is 2.53. The van der Waals surface area contributed by atoms with Crippen molar-refractivity contribution < 1.29 is 4.74 Å². The predicted molar refractivity (Wildman–Crippen MR) is 90.9 cm³/mol. The van der Waals surface area contributed by atoms with Gasteiger partial charge in [-0.05, 0) is 43.2 Å². The Balaban J connectivity index is 2.71. The molecule has 0 saturated heterocycles. The Morgan fingerprint density at radius 3 is 2.15 bits per heavy atom. The van der Waals surface area contributed by atoms with E-state index in [4.69, 9.17) is 4.74 Å². The molecule has 0 heterocycles. The summed E-state index contributed by atoms with van der Waals surface area (Å²) in [6, 6.07) is 8.84. The number of methoxy groups -OCH3 is 1. The maximum atomic E-state index is 5.23. The van der Waals surface area contributed by atoms with Crippen LogP contribution in [0.1, 0.15) is 51.6 Å². The number of nitrogens with one attached hydrogen (secondary N) is 1. The van der Waals surface area contributed by atoms with Crippen molar-refractivity contribution in [1.29, 1.82) is 0 Å². The van der Waals surface area contributed by atoms with Gasteiger partial charge in [-0.15, -0.1) is 0 Å². The van der Waals surface area contributed by atoms with Crippen molar-refractivity contribution in [3.05, 3.63) is 29.8 Å². The summed E-state index contributed by atoms with van der Waals surface area (Å²) in [4.78, 5) is 0. The van der Waals surface area contributed by atoms with Gasteiger partial charge in [0.25, 0.3) is 0 Å². The molecule has 1 aromatic rings. The minimum Gasteiger partial charge on any atom is -0.497 e. The Labute approximate surface area is 128 Å².